The average Bonchev–Trinajstić information content (AvgIpc) is 2.95. The normalized spacial score (nSPS) is 17.7. The van der Waals surface area contributed by atoms with Gasteiger partial charge in [0.05, 0.1) is 6.54 Å². The lowest BCUT2D eigenvalue weighted by molar-refractivity contribution is 0.399. The highest BCUT2D eigenvalue weighted by molar-refractivity contribution is 7.80. The minimum atomic E-state index is 0.413. The summed E-state index contributed by atoms with van der Waals surface area (Å²) in [5.41, 5.74) is 3.37. The van der Waals surface area contributed by atoms with E-state index in [2.05, 4.69) is 40.1 Å². The number of nitrogens with zero attached hydrogens (tertiary/aromatic N) is 2. The van der Waals surface area contributed by atoms with E-state index in [1.165, 1.54) is 0 Å². The molecule has 4 nitrogen and oxygen atoms in total. The largest absolute Gasteiger partial charge is 0.360 e. The molecule has 1 fully saturated rings. The number of thiocarbonyl (C=S) groups is 1. The molecule has 2 aromatic rings. The van der Waals surface area contributed by atoms with Crippen LogP contribution in [0.25, 0.3) is 17.0 Å². The second-order valence-corrected chi connectivity index (χ2v) is 5.37. The van der Waals surface area contributed by atoms with Crippen LogP contribution < -0.4 is 5.32 Å². The molecule has 0 spiro atoms. The molecule has 1 aliphatic rings. The number of fused-ring (bicyclic) bond motifs is 1. The molecule has 0 aliphatic carbocycles. The van der Waals surface area contributed by atoms with Gasteiger partial charge in [0.25, 0.3) is 0 Å². The topological polar surface area (TPSA) is 44.0 Å². The van der Waals surface area contributed by atoms with Crippen LogP contribution >= 0.6 is 12.2 Å². The summed E-state index contributed by atoms with van der Waals surface area (Å²) in [5, 5.41) is 5.21. The van der Waals surface area contributed by atoms with E-state index in [0.717, 1.165) is 33.8 Å². The van der Waals surface area contributed by atoms with E-state index < -0.39 is 0 Å². The zero-order valence-corrected chi connectivity index (χ0v) is 11.8. The van der Waals surface area contributed by atoms with Gasteiger partial charge in [-0.15, -0.1) is 0 Å². The number of H-pyrrole nitrogens is 1. The van der Waals surface area contributed by atoms with Crippen LogP contribution in [0.2, 0.25) is 0 Å². The number of hydrogen-bond donors (Lipinski definition) is 2. The van der Waals surface area contributed by atoms with Gasteiger partial charge >= 0.3 is 0 Å². The van der Waals surface area contributed by atoms with E-state index in [4.69, 9.17) is 12.2 Å². The van der Waals surface area contributed by atoms with Crippen molar-refractivity contribution in [1.82, 2.24) is 20.2 Å². The molecule has 3 rings (SSSR count). The van der Waals surface area contributed by atoms with Gasteiger partial charge < -0.3 is 15.2 Å². The maximum atomic E-state index is 5.34. The Labute approximate surface area is 117 Å². The Kier molecular flexibility index (Phi) is 2.98. The zero-order chi connectivity index (χ0) is 13.4. The molecule has 1 aliphatic heterocycles. The third kappa shape index (κ3) is 2.21. The third-order valence-electron chi connectivity index (χ3n) is 3.34. The van der Waals surface area contributed by atoms with E-state index in [1.54, 1.807) is 6.20 Å². The van der Waals surface area contributed by atoms with E-state index >= 15 is 0 Å². The number of rotatable bonds is 2. The minimum absolute atomic E-state index is 0.413. The minimum Gasteiger partial charge on any atom is -0.360 e. The standard InChI is InChI=1S/C14H16N4S/c1-9(2)18-8-11(17-14(18)19)5-10-6-16-13-3-4-15-7-12(10)13/h3-7,9,16H,8H2,1-2H3,(H,17,19)/b11-5-. The highest BCUT2D eigenvalue weighted by Gasteiger charge is 2.22. The summed E-state index contributed by atoms with van der Waals surface area (Å²) >= 11 is 5.34. The van der Waals surface area contributed by atoms with Gasteiger partial charge in [0.1, 0.15) is 0 Å². The molecular weight excluding hydrogens is 256 g/mol. The summed E-state index contributed by atoms with van der Waals surface area (Å²) in [6.45, 7) is 5.13. The average molecular weight is 272 g/mol. The predicted octanol–water partition coefficient (Wildman–Crippen LogP) is 2.50. The number of aromatic nitrogens is 2. The summed E-state index contributed by atoms with van der Waals surface area (Å²) in [6, 6.07) is 2.39. The number of aromatic amines is 1. The molecule has 19 heavy (non-hydrogen) atoms. The Bertz CT molecular complexity index is 656. The maximum absolute atomic E-state index is 5.34. The van der Waals surface area contributed by atoms with Crippen molar-refractivity contribution >= 4 is 34.3 Å². The Balaban J connectivity index is 1.93. The predicted molar refractivity (Wildman–Crippen MR) is 81.6 cm³/mol. The summed E-state index contributed by atoms with van der Waals surface area (Å²) in [7, 11) is 0. The number of nitrogens with one attached hydrogen (secondary N) is 2. The second-order valence-electron chi connectivity index (χ2n) is 4.99. The van der Waals surface area contributed by atoms with E-state index in [9.17, 15) is 0 Å². The van der Waals surface area contributed by atoms with Crippen molar-refractivity contribution in [2.75, 3.05) is 6.54 Å². The highest BCUT2D eigenvalue weighted by Crippen LogP contribution is 2.21. The molecule has 2 N–H and O–H groups in total. The summed E-state index contributed by atoms with van der Waals surface area (Å²) < 4.78 is 0. The fourth-order valence-electron chi connectivity index (χ4n) is 2.29. The van der Waals surface area contributed by atoms with Crippen LogP contribution in [0.1, 0.15) is 19.4 Å². The lowest BCUT2D eigenvalue weighted by atomic mass is 10.2. The van der Waals surface area contributed by atoms with Crippen molar-refractivity contribution in [3.8, 4) is 0 Å². The van der Waals surface area contributed by atoms with Gasteiger partial charge in [0, 0.05) is 46.8 Å². The molecule has 3 heterocycles. The Hall–Kier alpha value is -1.88. The second kappa shape index (κ2) is 4.66. The van der Waals surface area contributed by atoms with Crippen LogP contribution in [0.15, 0.2) is 30.4 Å². The molecule has 0 bridgehead atoms. The van der Waals surface area contributed by atoms with Crippen LogP contribution in [0, 0.1) is 0 Å². The molecule has 1 saturated heterocycles. The molecule has 98 valence electrons. The van der Waals surface area contributed by atoms with Gasteiger partial charge in [-0.3, -0.25) is 4.98 Å². The Morgan fingerprint density at radius 2 is 2.32 bits per heavy atom. The van der Waals surface area contributed by atoms with Crippen molar-refractivity contribution in [2.45, 2.75) is 19.9 Å². The molecule has 0 amide bonds. The first-order valence-electron chi connectivity index (χ1n) is 6.34. The quantitative estimate of drug-likeness (QED) is 0.825. The summed E-state index contributed by atoms with van der Waals surface area (Å²) in [6.07, 6.45) is 7.81. The van der Waals surface area contributed by atoms with Gasteiger partial charge in [0.2, 0.25) is 0 Å². The fraction of sp³-hybridized carbons (Fsp3) is 0.286. The monoisotopic (exact) mass is 272 g/mol. The van der Waals surface area contributed by atoms with Crippen LogP contribution in [-0.2, 0) is 0 Å². The van der Waals surface area contributed by atoms with Gasteiger partial charge in [-0.25, -0.2) is 0 Å². The molecular formula is C14H16N4S. The molecule has 5 heteroatoms. The molecule has 0 aromatic carbocycles. The summed E-state index contributed by atoms with van der Waals surface area (Å²) in [5.74, 6) is 0. The van der Waals surface area contributed by atoms with Gasteiger partial charge in [-0.1, -0.05) is 0 Å². The first-order chi connectivity index (χ1) is 9.15. The first kappa shape index (κ1) is 12.2. The fourth-order valence-corrected chi connectivity index (χ4v) is 2.70. The van der Waals surface area contributed by atoms with Crippen LogP contribution in [0.4, 0.5) is 0 Å². The van der Waals surface area contributed by atoms with Crippen molar-refractivity contribution in [2.24, 2.45) is 0 Å². The number of pyridine rings is 1. The van der Waals surface area contributed by atoms with Gasteiger partial charge in [0.15, 0.2) is 5.11 Å². The lowest BCUT2D eigenvalue weighted by Crippen LogP contribution is -2.33. The van der Waals surface area contributed by atoms with Crippen molar-refractivity contribution in [1.29, 1.82) is 0 Å². The van der Waals surface area contributed by atoms with Crippen molar-refractivity contribution < 1.29 is 0 Å². The van der Waals surface area contributed by atoms with Gasteiger partial charge in [-0.2, -0.15) is 0 Å². The first-order valence-corrected chi connectivity index (χ1v) is 6.75. The molecule has 0 saturated carbocycles. The van der Waals surface area contributed by atoms with E-state index in [-0.39, 0.29) is 0 Å². The lowest BCUT2D eigenvalue weighted by Gasteiger charge is -2.20. The molecule has 0 unspecified atom stereocenters. The number of hydrogen-bond acceptors (Lipinski definition) is 2. The van der Waals surface area contributed by atoms with Crippen molar-refractivity contribution in [3.05, 3.63) is 35.9 Å². The SMILES string of the molecule is CC(C)N1C/C(=C/c2c[nH]c3ccncc23)NC1=S. The molecule has 2 aromatic heterocycles. The zero-order valence-electron chi connectivity index (χ0n) is 11.0. The highest BCUT2D eigenvalue weighted by atomic mass is 32.1. The van der Waals surface area contributed by atoms with Gasteiger partial charge in [-0.05, 0) is 38.2 Å². The maximum Gasteiger partial charge on any atom is 0.173 e. The van der Waals surface area contributed by atoms with Crippen LogP contribution in [0.3, 0.4) is 0 Å². The van der Waals surface area contributed by atoms with E-state index in [1.807, 2.05) is 18.5 Å². The molecule has 0 atom stereocenters. The van der Waals surface area contributed by atoms with E-state index in [0.29, 0.717) is 6.04 Å². The molecule has 0 radical (unpaired) electrons. The summed E-state index contributed by atoms with van der Waals surface area (Å²) in [4.78, 5) is 9.60. The Morgan fingerprint density at radius 3 is 3.05 bits per heavy atom. The van der Waals surface area contributed by atoms with Crippen LogP contribution in [-0.4, -0.2) is 32.6 Å². The van der Waals surface area contributed by atoms with Crippen LogP contribution in [0.5, 0.6) is 0 Å². The third-order valence-corrected chi connectivity index (χ3v) is 3.67. The van der Waals surface area contributed by atoms with Crippen molar-refractivity contribution in [3.63, 3.8) is 0 Å². The smallest absolute Gasteiger partial charge is 0.173 e. The Morgan fingerprint density at radius 1 is 1.47 bits per heavy atom.